The van der Waals surface area contributed by atoms with Crippen molar-refractivity contribution in [3.8, 4) is 0 Å². The number of aryl methyl sites for hydroxylation is 1. The van der Waals surface area contributed by atoms with Gasteiger partial charge < -0.3 is 15.5 Å². The van der Waals surface area contributed by atoms with E-state index < -0.39 is 24.0 Å². The fraction of sp³-hybridized carbons (Fsp3) is 0.467. The van der Waals surface area contributed by atoms with Crippen molar-refractivity contribution in [3.63, 3.8) is 0 Å². The Kier molecular flexibility index (Phi) is 4.09. The summed E-state index contributed by atoms with van der Waals surface area (Å²) >= 11 is 0. The van der Waals surface area contributed by atoms with Crippen molar-refractivity contribution in [2.45, 2.75) is 37.6 Å². The van der Waals surface area contributed by atoms with Gasteiger partial charge >= 0.3 is 5.97 Å². The van der Waals surface area contributed by atoms with Crippen molar-refractivity contribution in [2.24, 2.45) is 0 Å². The van der Waals surface area contributed by atoms with Crippen molar-refractivity contribution in [2.75, 3.05) is 6.61 Å². The Morgan fingerprint density at radius 1 is 1.40 bits per heavy atom. The van der Waals surface area contributed by atoms with Gasteiger partial charge in [0.25, 0.3) is 0 Å². The van der Waals surface area contributed by atoms with Gasteiger partial charge in [0.15, 0.2) is 0 Å². The van der Waals surface area contributed by atoms with E-state index in [0.29, 0.717) is 12.8 Å². The van der Waals surface area contributed by atoms with E-state index in [0.717, 1.165) is 17.5 Å². The van der Waals surface area contributed by atoms with Gasteiger partial charge in [0, 0.05) is 0 Å². The van der Waals surface area contributed by atoms with Crippen LogP contribution in [0.15, 0.2) is 24.3 Å². The third-order valence-corrected chi connectivity index (χ3v) is 4.00. The van der Waals surface area contributed by atoms with Crippen LogP contribution >= 0.6 is 0 Å². The number of hydrogen-bond acceptors (Lipinski definition) is 3. The molecule has 1 aliphatic carbocycles. The first-order chi connectivity index (χ1) is 9.49. The molecule has 1 aromatic carbocycles. The van der Waals surface area contributed by atoms with Crippen molar-refractivity contribution in [1.29, 1.82) is 0 Å². The van der Waals surface area contributed by atoms with E-state index in [1.54, 1.807) is 0 Å². The second-order valence-electron chi connectivity index (χ2n) is 5.35. The van der Waals surface area contributed by atoms with Gasteiger partial charge in [0.2, 0.25) is 5.91 Å². The van der Waals surface area contributed by atoms with E-state index in [1.165, 1.54) is 0 Å². The van der Waals surface area contributed by atoms with Gasteiger partial charge in [-0.25, -0.2) is 4.79 Å². The van der Waals surface area contributed by atoms with Gasteiger partial charge in [-0.2, -0.15) is 0 Å². The lowest BCUT2D eigenvalue weighted by Gasteiger charge is -2.41. The average molecular weight is 277 g/mol. The molecular formula is C15H19NO4. The number of hydrogen-bond donors (Lipinski definition) is 3. The van der Waals surface area contributed by atoms with E-state index in [4.69, 9.17) is 10.2 Å². The van der Waals surface area contributed by atoms with E-state index >= 15 is 0 Å². The summed E-state index contributed by atoms with van der Waals surface area (Å²) in [6.07, 6.45) is 2.36. The molecule has 0 spiro atoms. The molecule has 1 atom stereocenters. The van der Waals surface area contributed by atoms with Crippen molar-refractivity contribution < 1.29 is 19.8 Å². The van der Waals surface area contributed by atoms with Gasteiger partial charge in [-0.15, -0.1) is 0 Å². The highest BCUT2D eigenvalue weighted by molar-refractivity contribution is 5.92. The predicted molar refractivity (Wildman–Crippen MR) is 73.4 cm³/mol. The summed E-state index contributed by atoms with van der Waals surface area (Å²) in [5.74, 6) is -1.53. The Hall–Kier alpha value is -1.88. The number of aliphatic carboxylic acids is 1. The van der Waals surface area contributed by atoms with E-state index in [9.17, 15) is 9.59 Å². The zero-order chi connectivity index (χ0) is 14.8. The monoisotopic (exact) mass is 277 g/mol. The normalized spacial score (nSPS) is 17.9. The number of carboxylic acid groups (broad SMARTS) is 1. The second kappa shape index (κ2) is 5.63. The Morgan fingerprint density at radius 2 is 2.10 bits per heavy atom. The van der Waals surface area contributed by atoms with Gasteiger partial charge in [0.05, 0.1) is 12.0 Å². The Morgan fingerprint density at radius 3 is 2.55 bits per heavy atom. The first kappa shape index (κ1) is 14.5. The summed E-state index contributed by atoms with van der Waals surface area (Å²) in [4.78, 5) is 23.4. The third kappa shape index (κ3) is 2.54. The molecule has 0 aliphatic heterocycles. The first-order valence-corrected chi connectivity index (χ1v) is 6.71. The molecule has 1 aromatic rings. The third-order valence-electron chi connectivity index (χ3n) is 4.00. The summed E-state index contributed by atoms with van der Waals surface area (Å²) in [6.45, 7) is 1.35. The molecule has 0 bridgehead atoms. The van der Waals surface area contributed by atoms with E-state index in [1.807, 2.05) is 31.2 Å². The van der Waals surface area contributed by atoms with Crippen LogP contribution in [0.1, 0.15) is 30.4 Å². The topological polar surface area (TPSA) is 86.6 Å². The molecule has 2 rings (SSSR count). The highest BCUT2D eigenvalue weighted by atomic mass is 16.4. The molecule has 20 heavy (non-hydrogen) atoms. The molecule has 0 aromatic heterocycles. The smallest absolute Gasteiger partial charge is 0.328 e. The molecule has 0 radical (unpaired) electrons. The number of amides is 1. The molecule has 0 heterocycles. The number of aliphatic hydroxyl groups is 1. The summed E-state index contributed by atoms with van der Waals surface area (Å²) in [5.41, 5.74) is 1.34. The van der Waals surface area contributed by atoms with Crippen LogP contribution in [-0.2, 0) is 15.0 Å². The summed E-state index contributed by atoms with van der Waals surface area (Å²) in [7, 11) is 0. The van der Waals surface area contributed by atoms with Gasteiger partial charge in [0.1, 0.15) is 6.04 Å². The highest BCUT2D eigenvalue weighted by Gasteiger charge is 2.46. The molecule has 1 aliphatic rings. The van der Waals surface area contributed by atoms with Crippen LogP contribution in [0, 0.1) is 6.92 Å². The number of nitrogens with one attached hydrogen (secondary N) is 1. The van der Waals surface area contributed by atoms with Crippen LogP contribution in [0.5, 0.6) is 0 Å². The van der Waals surface area contributed by atoms with Crippen LogP contribution in [-0.4, -0.2) is 34.7 Å². The lowest BCUT2D eigenvalue weighted by atomic mass is 9.63. The van der Waals surface area contributed by atoms with Crippen molar-refractivity contribution >= 4 is 11.9 Å². The van der Waals surface area contributed by atoms with Crippen LogP contribution in [0.4, 0.5) is 0 Å². The Balaban J connectivity index is 2.23. The number of rotatable bonds is 5. The largest absolute Gasteiger partial charge is 0.480 e. The molecular weight excluding hydrogens is 258 g/mol. The SMILES string of the molecule is Cc1cccc(C2(C(=O)N[C@H](CO)C(=O)O)CCC2)c1. The fourth-order valence-corrected chi connectivity index (χ4v) is 2.60. The van der Waals surface area contributed by atoms with E-state index in [-0.39, 0.29) is 5.91 Å². The zero-order valence-electron chi connectivity index (χ0n) is 11.4. The minimum absolute atomic E-state index is 0.309. The Bertz CT molecular complexity index is 522. The molecule has 1 fully saturated rings. The van der Waals surface area contributed by atoms with Gasteiger partial charge in [-0.3, -0.25) is 4.79 Å². The van der Waals surface area contributed by atoms with Gasteiger partial charge in [-0.05, 0) is 25.3 Å². The fourth-order valence-electron chi connectivity index (χ4n) is 2.60. The molecule has 1 saturated carbocycles. The number of carbonyl (C=O) groups is 2. The number of carboxylic acids is 1. The lowest BCUT2D eigenvalue weighted by molar-refractivity contribution is -0.144. The zero-order valence-corrected chi connectivity index (χ0v) is 11.4. The minimum atomic E-state index is -1.25. The second-order valence-corrected chi connectivity index (χ2v) is 5.35. The van der Waals surface area contributed by atoms with Crippen LogP contribution in [0.3, 0.4) is 0 Å². The lowest BCUT2D eigenvalue weighted by Crippen LogP contribution is -2.54. The molecule has 5 heteroatoms. The van der Waals surface area contributed by atoms with Crippen molar-refractivity contribution in [3.05, 3.63) is 35.4 Å². The highest BCUT2D eigenvalue weighted by Crippen LogP contribution is 2.44. The molecule has 5 nitrogen and oxygen atoms in total. The van der Waals surface area contributed by atoms with Crippen molar-refractivity contribution in [1.82, 2.24) is 5.32 Å². The first-order valence-electron chi connectivity index (χ1n) is 6.71. The summed E-state index contributed by atoms with van der Waals surface area (Å²) < 4.78 is 0. The van der Waals surface area contributed by atoms with E-state index in [2.05, 4.69) is 5.32 Å². The molecule has 3 N–H and O–H groups in total. The maximum Gasteiger partial charge on any atom is 0.328 e. The van der Waals surface area contributed by atoms with Gasteiger partial charge in [-0.1, -0.05) is 36.2 Å². The average Bonchev–Trinajstić information content (AvgIpc) is 2.34. The summed E-state index contributed by atoms with van der Waals surface area (Å²) in [6, 6.07) is 6.48. The van der Waals surface area contributed by atoms with Crippen LogP contribution in [0.25, 0.3) is 0 Å². The number of aliphatic hydroxyl groups excluding tert-OH is 1. The molecule has 1 amide bonds. The molecule has 0 unspecified atom stereocenters. The van der Waals surface area contributed by atoms with Crippen LogP contribution < -0.4 is 5.32 Å². The Labute approximate surface area is 117 Å². The molecule has 0 saturated heterocycles. The standard InChI is InChI=1S/C15H19NO4/c1-10-4-2-5-11(8-10)15(6-3-7-15)14(20)16-12(9-17)13(18)19/h2,4-5,8,12,17H,3,6-7,9H2,1H3,(H,16,20)(H,18,19)/t12-/m1/s1. The minimum Gasteiger partial charge on any atom is -0.480 e. The quantitative estimate of drug-likeness (QED) is 0.748. The maximum absolute atomic E-state index is 12.4. The number of benzene rings is 1. The maximum atomic E-state index is 12.4. The molecule has 108 valence electrons. The number of carbonyl (C=O) groups excluding carboxylic acids is 1. The summed E-state index contributed by atoms with van der Waals surface area (Å²) in [5, 5.41) is 20.4. The van der Waals surface area contributed by atoms with Crippen LogP contribution in [0.2, 0.25) is 0 Å². The predicted octanol–water partition coefficient (Wildman–Crippen LogP) is 0.978.